The Labute approximate surface area is 137 Å². The highest BCUT2D eigenvalue weighted by Gasteiger charge is 2.34. The number of aromatic nitrogens is 1. The van der Waals surface area contributed by atoms with E-state index in [-0.39, 0.29) is 17.6 Å². The van der Waals surface area contributed by atoms with Crippen LogP contribution in [0.3, 0.4) is 0 Å². The van der Waals surface area contributed by atoms with Gasteiger partial charge in [-0.2, -0.15) is 0 Å². The average Bonchev–Trinajstić information content (AvgIpc) is 2.57. The van der Waals surface area contributed by atoms with Crippen LogP contribution in [0.1, 0.15) is 10.4 Å². The van der Waals surface area contributed by atoms with E-state index in [1.807, 2.05) is 12.1 Å². The summed E-state index contributed by atoms with van der Waals surface area (Å²) in [6.45, 7) is 0.861. The summed E-state index contributed by atoms with van der Waals surface area (Å²) in [5, 5.41) is 0.726. The third kappa shape index (κ3) is 2.62. The van der Waals surface area contributed by atoms with E-state index in [9.17, 15) is 9.59 Å². The molecule has 1 aromatic carbocycles. The van der Waals surface area contributed by atoms with Gasteiger partial charge in [-0.1, -0.05) is 18.2 Å². The number of para-hydroxylation sites is 1. The number of likely N-dealkylation sites (tertiary alicyclic amines) is 1. The Morgan fingerprint density at radius 1 is 1.21 bits per heavy atom. The number of ether oxygens (including phenoxy) is 1. The Morgan fingerprint density at radius 2 is 2.04 bits per heavy atom. The van der Waals surface area contributed by atoms with Gasteiger partial charge in [-0.25, -0.2) is 4.79 Å². The van der Waals surface area contributed by atoms with E-state index in [1.165, 1.54) is 0 Å². The van der Waals surface area contributed by atoms with Crippen LogP contribution in [0.5, 0.6) is 5.75 Å². The lowest BCUT2D eigenvalue weighted by Gasteiger charge is -2.38. The average molecular weight is 322 g/mol. The summed E-state index contributed by atoms with van der Waals surface area (Å²) >= 11 is 0. The second-order valence-electron chi connectivity index (χ2n) is 5.62. The van der Waals surface area contributed by atoms with Crippen LogP contribution in [0.4, 0.5) is 0 Å². The van der Waals surface area contributed by atoms with E-state index in [2.05, 4.69) is 4.98 Å². The maximum Gasteiger partial charge on any atom is 0.349 e. The van der Waals surface area contributed by atoms with E-state index in [0.717, 1.165) is 5.39 Å². The van der Waals surface area contributed by atoms with Crippen LogP contribution in [0.25, 0.3) is 11.0 Å². The van der Waals surface area contributed by atoms with Crippen molar-refractivity contribution in [2.24, 2.45) is 0 Å². The van der Waals surface area contributed by atoms with Gasteiger partial charge >= 0.3 is 5.63 Å². The molecule has 0 radical (unpaired) electrons. The van der Waals surface area contributed by atoms with Gasteiger partial charge < -0.3 is 14.1 Å². The fraction of sp³-hybridized carbons (Fsp3) is 0.167. The van der Waals surface area contributed by atoms with Gasteiger partial charge in [0.25, 0.3) is 5.91 Å². The first-order valence-electron chi connectivity index (χ1n) is 7.59. The molecule has 1 aliphatic heterocycles. The summed E-state index contributed by atoms with van der Waals surface area (Å²) in [5.41, 5.74) is -0.0932. The molecular weight excluding hydrogens is 308 g/mol. The Morgan fingerprint density at radius 3 is 2.83 bits per heavy atom. The maximum atomic E-state index is 12.5. The third-order valence-electron chi connectivity index (χ3n) is 3.94. The maximum absolute atomic E-state index is 12.5. The lowest BCUT2D eigenvalue weighted by Crippen LogP contribution is -2.56. The van der Waals surface area contributed by atoms with Gasteiger partial charge in [0.15, 0.2) is 0 Å². The molecule has 24 heavy (non-hydrogen) atoms. The van der Waals surface area contributed by atoms with Crippen LogP contribution in [-0.2, 0) is 0 Å². The van der Waals surface area contributed by atoms with E-state index < -0.39 is 5.63 Å². The molecule has 1 amide bonds. The molecule has 1 saturated heterocycles. The largest absolute Gasteiger partial charge is 0.485 e. The number of hydrogen-bond acceptors (Lipinski definition) is 5. The Balaban J connectivity index is 1.48. The molecule has 120 valence electrons. The molecule has 0 bridgehead atoms. The lowest BCUT2D eigenvalue weighted by atomic mass is 10.1. The predicted octanol–water partition coefficient (Wildman–Crippen LogP) is 2.09. The van der Waals surface area contributed by atoms with Gasteiger partial charge in [0.2, 0.25) is 0 Å². The molecule has 6 nitrogen and oxygen atoms in total. The highest BCUT2D eigenvalue weighted by Crippen LogP contribution is 2.20. The number of carbonyl (C=O) groups is 1. The van der Waals surface area contributed by atoms with Crippen LogP contribution in [0.15, 0.2) is 64.1 Å². The van der Waals surface area contributed by atoms with Crippen LogP contribution < -0.4 is 10.4 Å². The van der Waals surface area contributed by atoms with Crippen molar-refractivity contribution < 1.29 is 13.9 Å². The Kier molecular flexibility index (Phi) is 3.49. The quantitative estimate of drug-likeness (QED) is 0.690. The third-order valence-corrected chi connectivity index (χ3v) is 3.94. The summed E-state index contributed by atoms with van der Waals surface area (Å²) in [6.07, 6.45) is 3.20. The molecule has 0 saturated carbocycles. The van der Waals surface area contributed by atoms with Crippen molar-refractivity contribution >= 4 is 16.9 Å². The predicted molar refractivity (Wildman–Crippen MR) is 87.0 cm³/mol. The monoisotopic (exact) mass is 322 g/mol. The molecule has 1 aliphatic rings. The summed E-state index contributed by atoms with van der Waals surface area (Å²) in [6, 6.07) is 12.3. The molecule has 1 fully saturated rings. The first-order chi connectivity index (χ1) is 11.7. The van der Waals surface area contributed by atoms with Gasteiger partial charge in [0, 0.05) is 11.6 Å². The minimum Gasteiger partial charge on any atom is -0.485 e. The van der Waals surface area contributed by atoms with Crippen molar-refractivity contribution in [3.63, 3.8) is 0 Å². The lowest BCUT2D eigenvalue weighted by molar-refractivity contribution is 0.0173. The van der Waals surface area contributed by atoms with Crippen molar-refractivity contribution in [3.05, 3.63) is 70.8 Å². The van der Waals surface area contributed by atoms with E-state index in [1.54, 1.807) is 47.6 Å². The summed E-state index contributed by atoms with van der Waals surface area (Å²) in [7, 11) is 0. The zero-order valence-electron chi connectivity index (χ0n) is 12.7. The summed E-state index contributed by atoms with van der Waals surface area (Å²) < 4.78 is 10.9. The SMILES string of the molecule is O=C(c1cc2ccccc2oc1=O)N1CC(Oc2cccnc2)C1. The molecular formula is C18H14N2O4. The zero-order chi connectivity index (χ0) is 16.5. The van der Waals surface area contributed by atoms with Gasteiger partial charge in [0.05, 0.1) is 19.3 Å². The molecule has 2 aromatic heterocycles. The Hall–Kier alpha value is -3.15. The molecule has 0 spiro atoms. The first-order valence-corrected chi connectivity index (χ1v) is 7.59. The number of rotatable bonds is 3. The molecule has 0 N–H and O–H groups in total. The van der Waals surface area contributed by atoms with Crippen LogP contribution in [0, 0.1) is 0 Å². The van der Waals surface area contributed by atoms with Crippen molar-refractivity contribution in [2.45, 2.75) is 6.10 Å². The highest BCUT2D eigenvalue weighted by molar-refractivity contribution is 5.97. The number of pyridine rings is 1. The standard InChI is InChI=1S/C18H14N2O4/c21-17(15-8-12-4-1-2-6-16(12)24-18(15)22)20-10-14(11-20)23-13-5-3-7-19-9-13/h1-9,14H,10-11H2. The minimum absolute atomic E-state index is 0.0496. The number of benzene rings is 1. The van der Waals surface area contributed by atoms with Gasteiger partial charge in [-0.15, -0.1) is 0 Å². The van der Waals surface area contributed by atoms with Crippen molar-refractivity contribution in [1.29, 1.82) is 0 Å². The van der Waals surface area contributed by atoms with Crippen LogP contribution in [0.2, 0.25) is 0 Å². The summed E-state index contributed by atoms with van der Waals surface area (Å²) in [5.74, 6) is 0.334. The fourth-order valence-corrected chi connectivity index (χ4v) is 2.67. The van der Waals surface area contributed by atoms with E-state index in [4.69, 9.17) is 9.15 Å². The number of amides is 1. The van der Waals surface area contributed by atoms with Gasteiger partial charge in [-0.3, -0.25) is 9.78 Å². The molecule has 0 unspecified atom stereocenters. The van der Waals surface area contributed by atoms with Gasteiger partial charge in [0.1, 0.15) is 23.0 Å². The summed E-state index contributed by atoms with van der Waals surface area (Å²) in [4.78, 5) is 30.1. The van der Waals surface area contributed by atoms with E-state index >= 15 is 0 Å². The van der Waals surface area contributed by atoms with Crippen LogP contribution in [-0.4, -0.2) is 35.0 Å². The second kappa shape index (κ2) is 5.81. The first kappa shape index (κ1) is 14.4. The number of fused-ring (bicyclic) bond motifs is 1. The van der Waals surface area contributed by atoms with Crippen molar-refractivity contribution in [2.75, 3.05) is 13.1 Å². The highest BCUT2D eigenvalue weighted by atomic mass is 16.5. The van der Waals surface area contributed by atoms with Crippen molar-refractivity contribution in [3.8, 4) is 5.75 Å². The number of nitrogens with zero attached hydrogens (tertiary/aromatic N) is 2. The van der Waals surface area contributed by atoms with E-state index in [0.29, 0.717) is 24.4 Å². The molecule has 0 atom stereocenters. The Bertz CT molecular complexity index is 946. The smallest absolute Gasteiger partial charge is 0.349 e. The molecule has 3 heterocycles. The molecule has 6 heteroatoms. The molecule has 3 aromatic rings. The minimum atomic E-state index is -0.615. The molecule has 0 aliphatic carbocycles. The number of hydrogen-bond donors (Lipinski definition) is 0. The zero-order valence-corrected chi connectivity index (χ0v) is 12.7. The van der Waals surface area contributed by atoms with Crippen molar-refractivity contribution in [1.82, 2.24) is 9.88 Å². The normalized spacial score (nSPS) is 14.4. The van der Waals surface area contributed by atoms with Gasteiger partial charge in [-0.05, 0) is 24.3 Å². The molecule has 4 rings (SSSR count). The van der Waals surface area contributed by atoms with Crippen LogP contribution >= 0.6 is 0 Å². The fourth-order valence-electron chi connectivity index (χ4n) is 2.67. The number of carbonyl (C=O) groups excluding carboxylic acids is 1. The topological polar surface area (TPSA) is 72.6 Å². The second-order valence-corrected chi connectivity index (χ2v) is 5.62.